The largest absolute Gasteiger partial charge is 0.479 e. The van der Waals surface area contributed by atoms with Gasteiger partial charge in [-0.2, -0.15) is 0 Å². The van der Waals surface area contributed by atoms with Crippen LogP contribution in [0.2, 0.25) is 0 Å². The lowest BCUT2D eigenvalue weighted by atomic mass is 9.80. The standard InChI is InChI=1S/C35H52N2O8/c1-3-4-5-6-7-8-9-10-11-12-13-14-15-16-17-18-19-20-21-23-31(40)36-27-22-26-35(34(43)44,30(28-38)29-39)37-32(41)24-25-33(42)45-2/h4-5,7-8,10-11,13-14,16-17,19-20,24-25,30,38-39H,3,6,9,12,15,18,21-23,26-29H2,1-2H3,(H,36,40)(H,37,41)(H,43,44)/b5-4-,8-7-,11-10-,14-13-,17-16-,20-19-,25-24+/t35-/m1/s1. The minimum atomic E-state index is -2.02. The third-order valence-corrected chi connectivity index (χ3v) is 6.64. The van der Waals surface area contributed by atoms with Gasteiger partial charge in [-0.15, -0.1) is 0 Å². The molecule has 0 aliphatic heterocycles. The summed E-state index contributed by atoms with van der Waals surface area (Å²) in [5.41, 5.74) is -2.02. The predicted molar refractivity (Wildman–Crippen MR) is 177 cm³/mol. The van der Waals surface area contributed by atoms with Gasteiger partial charge in [-0.1, -0.05) is 79.8 Å². The second kappa shape index (κ2) is 27.5. The van der Waals surface area contributed by atoms with E-state index in [0.29, 0.717) is 6.42 Å². The Morgan fingerprint density at radius 2 is 1.24 bits per heavy atom. The van der Waals surface area contributed by atoms with Crippen LogP contribution in [0.25, 0.3) is 0 Å². The Morgan fingerprint density at radius 3 is 1.69 bits per heavy atom. The monoisotopic (exact) mass is 628 g/mol. The highest BCUT2D eigenvalue weighted by Gasteiger charge is 2.46. The van der Waals surface area contributed by atoms with Gasteiger partial charge in [0.15, 0.2) is 0 Å². The molecule has 0 spiro atoms. The molecule has 0 radical (unpaired) electrons. The minimum Gasteiger partial charge on any atom is -0.479 e. The molecule has 0 rings (SSSR count). The van der Waals surface area contributed by atoms with Crippen LogP contribution in [0.15, 0.2) is 85.1 Å². The quantitative estimate of drug-likeness (QED) is 0.0423. The fourth-order valence-corrected chi connectivity index (χ4v) is 4.08. The van der Waals surface area contributed by atoms with Crippen molar-refractivity contribution in [1.82, 2.24) is 10.6 Å². The maximum Gasteiger partial charge on any atom is 0.330 e. The first kappa shape index (κ1) is 41.0. The third kappa shape index (κ3) is 20.5. The Morgan fingerprint density at radius 1 is 0.756 bits per heavy atom. The average molecular weight is 629 g/mol. The number of carboxylic acids is 1. The molecule has 10 nitrogen and oxygen atoms in total. The topological polar surface area (TPSA) is 162 Å². The van der Waals surface area contributed by atoms with E-state index in [9.17, 15) is 34.5 Å². The molecule has 0 heterocycles. The van der Waals surface area contributed by atoms with Gasteiger partial charge in [-0.25, -0.2) is 9.59 Å². The van der Waals surface area contributed by atoms with Crippen molar-refractivity contribution in [2.45, 2.75) is 76.7 Å². The van der Waals surface area contributed by atoms with Gasteiger partial charge >= 0.3 is 11.9 Å². The van der Waals surface area contributed by atoms with E-state index < -0.39 is 42.5 Å². The number of aliphatic hydroxyl groups is 2. The van der Waals surface area contributed by atoms with E-state index in [1.807, 2.05) is 12.2 Å². The van der Waals surface area contributed by atoms with E-state index in [-0.39, 0.29) is 31.7 Å². The third-order valence-electron chi connectivity index (χ3n) is 6.64. The minimum absolute atomic E-state index is 0.134. The van der Waals surface area contributed by atoms with Gasteiger partial charge in [0.05, 0.1) is 20.3 Å². The van der Waals surface area contributed by atoms with Crippen molar-refractivity contribution in [1.29, 1.82) is 0 Å². The second-order valence-corrected chi connectivity index (χ2v) is 10.1. The van der Waals surface area contributed by atoms with Gasteiger partial charge in [0, 0.05) is 31.0 Å². The maximum atomic E-state index is 12.3. The number of hydrogen-bond donors (Lipinski definition) is 5. The van der Waals surface area contributed by atoms with Crippen LogP contribution < -0.4 is 10.6 Å². The summed E-state index contributed by atoms with van der Waals surface area (Å²) in [5.74, 6) is -4.59. The lowest BCUT2D eigenvalue weighted by Gasteiger charge is -2.36. The lowest BCUT2D eigenvalue weighted by molar-refractivity contribution is -0.152. The van der Waals surface area contributed by atoms with Crippen LogP contribution >= 0.6 is 0 Å². The Labute approximate surface area is 268 Å². The average Bonchev–Trinajstić information content (AvgIpc) is 3.03. The Hall–Kier alpha value is -4.02. The summed E-state index contributed by atoms with van der Waals surface area (Å²) in [5, 5.41) is 34.2. The zero-order chi connectivity index (χ0) is 33.6. The van der Waals surface area contributed by atoms with E-state index >= 15 is 0 Å². The van der Waals surface area contributed by atoms with Crippen LogP contribution in [0, 0.1) is 5.92 Å². The second-order valence-electron chi connectivity index (χ2n) is 10.1. The molecule has 0 saturated heterocycles. The molecule has 0 aliphatic rings. The molecule has 1 atom stereocenters. The first-order valence-corrected chi connectivity index (χ1v) is 15.5. The van der Waals surface area contributed by atoms with Gasteiger partial charge in [0.2, 0.25) is 11.8 Å². The lowest BCUT2D eigenvalue weighted by Crippen LogP contribution is -2.61. The molecule has 0 aromatic rings. The summed E-state index contributed by atoms with van der Waals surface area (Å²) in [4.78, 5) is 47.9. The van der Waals surface area contributed by atoms with Crippen molar-refractivity contribution >= 4 is 23.8 Å². The molecule has 250 valence electrons. The van der Waals surface area contributed by atoms with E-state index in [0.717, 1.165) is 57.8 Å². The number of amides is 2. The molecule has 0 aromatic carbocycles. The molecular weight excluding hydrogens is 576 g/mol. The number of methoxy groups -OCH3 is 1. The molecule has 10 heteroatoms. The van der Waals surface area contributed by atoms with E-state index in [4.69, 9.17) is 0 Å². The van der Waals surface area contributed by atoms with Gasteiger partial charge < -0.3 is 30.7 Å². The molecule has 0 aliphatic carbocycles. The van der Waals surface area contributed by atoms with Gasteiger partial charge in [-0.05, 0) is 57.8 Å². The number of carboxylic acid groups (broad SMARTS) is 1. The number of carbonyl (C=O) groups excluding carboxylic acids is 3. The van der Waals surface area contributed by atoms with Crippen LogP contribution in [-0.4, -0.2) is 71.5 Å². The van der Waals surface area contributed by atoms with Crippen molar-refractivity contribution in [3.05, 3.63) is 85.1 Å². The van der Waals surface area contributed by atoms with Gasteiger partial charge in [-0.3, -0.25) is 9.59 Å². The highest BCUT2D eigenvalue weighted by molar-refractivity contribution is 5.97. The summed E-state index contributed by atoms with van der Waals surface area (Å²) in [6.07, 6.45) is 33.4. The molecule has 0 aromatic heterocycles. The van der Waals surface area contributed by atoms with Crippen molar-refractivity contribution in [3.63, 3.8) is 0 Å². The molecule has 2 amide bonds. The summed E-state index contributed by atoms with van der Waals surface area (Å²) < 4.78 is 4.41. The fraction of sp³-hybridized carbons (Fsp3) is 0.486. The fourth-order valence-electron chi connectivity index (χ4n) is 4.08. The first-order chi connectivity index (χ1) is 21.8. The molecular formula is C35H52N2O8. The Balaban J connectivity index is 4.39. The number of carbonyl (C=O) groups is 4. The van der Waals surface area contributed by atoms with Crippen LogP contribution in [0.5, 0.6) is 0 Å². The number of aliphatic hydroxyl groups excluding tert-OH is 2. The first-order valence-electron chi connectivity index (χ1n) is 15.5. The van der Waals surface area contributed by atoms with Gasteiger partial charge in [0.1, 0.15) is 5.54 Å². The highest BCUT2D eigenvalue weighted by Crippen LogP contribution is 2.24. The van der Waals surface area contributed by atoms with Crippen molar-refractivity contribution in [3.8, 4) is 0 Å². The summed E-state index contributed by atoms with van der Waals surface area (Å²) in [6, 6.07) is 0. The summed E-state index contributed by atoms with van der Waals surface area (Å²) in [7, 11) is 1.12. The molecule has 0 saturated carbocycles. The molecule has 0 unspecified atom stereocenters. The normalized spacial score (nSPS) is 13.8. The van der Waals surface area contributed by atoms with Crippen LogP contribution in [0.3, 0.4) is 0 Å². The number of nitrogens with one attached hydrogen (secondary N) is 2. The molecule has 0 fully saturated rings. The predicted octanol–water partition coefficient (Wildman–Crippen LogP) is 4.63. The Kier molecular flexibility index (Phi) is 25.1. The van der Waals surface area contributed by atoms with Crippen molar-refractivity contribution in [2.24, 2.45) is 5.92 Å². The van der Waals surface area contributed by atoms with Gasteiger partial charge in [0.25, 0.3) is 0 Å². The SMILES string of the molecule is CC/C=C\C/C=C\C/C=C\C/C=C\C/C=C\C/C=C\CCC(=O)NCCC[C@](NC(=O)/C=C/C(=O)OC)(C(=O)O)C(CO)CO. The van der Waals surface area contributed by atoms with Crippen molar-refractivity contribution < 1.29 is 39.2 Å². The highest BCUT2D eigenvalue weighted by atomic mass is 16.5. The summed E-state index contributed by atoms with van der Waals surface area (Å²) >= 11 is 0. The maximum absolute atomic E-state index is 12.3. The number of allylic oxidation sites excluding steroid dienone is 12. The number of ether oxygens (including phenoxy) is 1. The number of esters is 1. The smallest absolute Gasteiger partial charge is 0.330 e. The van der Waals surface area contributed by atoms with Crippen LogP contribution in [-0.2, 0) is 23.9 Å². The Bertz CT molecular complexity index is 1070. The van der Waals surface area contributed by atoms with E-state index in [2.05, 4.69) is 83.1 Å². The van der Waals surface area contributed by atoms with Crippen LogP contribution in [0.4, 0.5) is 0 Å². The number of aliphatic carboxylic acids is 1. The molecule has 0 bridgehead atoms. The molecule has 45 heavy (non-hydrogen) atoms. The van der Waals surface area contributed by atoms with E-state index in [1.165, 1.54) is 0 Å². The van der Waals surface area contributed by atoms with Crippen LogP contribution in [0.1, 0.15) is 71.1 Å². The number of rotatable bonds is 25. The molecule has 5 N–H and O–H groups in total. The zero-order valence-corrected chi connectivity index (χ0v) is 26.7. The van der Waals surface area contributed by atoms with Crippen molar-refractivity contribution in [2.75, 3.05) is 26.9 Å². The number of hydrogen-bond acceptors (Lipinski definition) is 7. The zero-order valence-electron chi connectivity index (χ0n) is 26.7. The summed E-state index contributed by atoms with van der Waals surface area (Å²) in [6.45, 7) is 0.850. The van der Waals surface area contributed by atoms with E-state index in [1.54, 1.807) is 0 Å².